The molecule has 0 bridgehead atoms. The van der Waals surface area contributed by atoms with E-state index < -0.39 is 56.7 Å². The second-order valence-corrected chi connectivity index (χ2v) is 14.2. The first-order chi connectivity index (χ1) is 20.6. The van der Waals surface area contributed by atoms with Gasteiger partial charge in [0.2, 0.25) is 21.8 Å². The first kappa shape index (κ1) is 29.5. The Balaban J connectivity index is 1.22. The molecule has 6 rings (SSSR count). The van der Waals surface area contributed by atoms with Crippen molar-refractivity contribution in [2.24, 2.45) is 17.8 Å². The van der Waals surface area contributed by atoms with Crippen LogP contribution in [-0.4, -0.2) is 80.8 Å². The van der Waals surface area contributed by atoms with Crippen LogP contribution in [0.5, 0.6) is 5.75 Å². The third kappa shape index (κ3) is 5.96. The molecule has 5 atom stereocenters. The Bertz CT molecular complexity index is 1440. The average molecular weight is 615 g/mol. The van der Waals surface area contributed by atoms with E-state index in [2.05, 4.69) is 10.0 Å². The highest BCUT2D eigenvalue weighted by Gasteiger charge is 2.62. The van der Waals surface area contributed by atoms with Crippen molar-refractivity contribution >= 4 is 39.5 Å². The predicted molar refractivity (Wildman–Crippen MR) is 155 cm³/mol. The van der Waals surface area contributed by atoms with Gasteiger partial charge in [0.25, 0.3) is 5.91 Å². The zero-order chi connectivity index (χ0) is 30.4. The quantitative estimate of drug-likeness (QED) is 0.490. The molecule has 0 unspecified atom stereocenters. The van der Waals surface area contributed by atoms with E-state index in [1.807, 2.05) is 18.2 Å². The summed E-state index contributed by atoms with van der Waals surface area (Å²) < 4.78 is 38.9. The number of allylic oxidation sites excluding steroid dienone is 1. The maximum atomic E-state index is 13.9. The summed E-state index contributed by atoms with van der Waals surface area (Å²) in [4.78, 5) is 57.3. The number of carbonyl (C=O) groups is 4. The fourth-order valence-corrected chi connectivity index (χ4v) is 7.82. The molecular weight excluding hydrogens is 576 g/mol. The highest BCUT2D eigenvalue weighted by atomic mass is 32.2. The zero-order valence-electron chi connectivity index (χ0n) is 24.2. The lowest BCUT2D eigenvalue weighted by atomic mass is 9.93. The Morgan fingerprint density at radius 1 is 1.09 bits per heavy atom. The third-order valence-corrected chi connectivity index (χ3v) is 11.0. The van der Waals surface area contributed by atoms with Crippen molar-refractivity contribution in [1.82, 2.24) is 14.9 Å². The SMILES string of the molecule is CN1CCCC/C=C\[C@@H]2C[C@@]2(C(=O)NS(=O)(=O)C2CC2)NC(=O)[C@@H]2C[C@@H](OC(=O)N3CCOc4ccccc43)C[C@H]2C1=O. The molecular formula is C30H38N4O8S. The molecule has 3 saturated carbocycles. The van der Waals surface area contributed by atoms with E-state index in [4.69, 9.17) is 9.47 Å². The summed E-state index contributed by atoms with van der Waals surface area (Å²) in [6.07, 6.45) is 6.41. The molecule has 2 aliphatic heterocycles. The van der Waals surface area contributed by atoms with Gasteiger partial charge in [0, 0.05) is 19.5 Å². The van der Waals surface area contributed by atoms with E-state index in [9.17, 15) is 27.6 Å². The molecule has 5 aliphatic rings. The summed E-state index contributed by atoms with van der Waals surface area (Å²) in [6.45, 7) is 1.14. The van der Waals surface area contributed by atoms with Gasteiger partial charge in [-0.2, -0.15) is 0 Å². The number of nitrogens with zero attached hydrogens (tertiary/aromatic N) is 2. The smallest absolute Gasteiger partial charge is 0.414 e. The van der Waals surface area contributed by atoms with Crippen molar-refractivity contribution < 1.29 is 37.1 Å². The van der Waals surface area contributed by atoms with E-state index in [1.54, 1.807) is 30.1 Å². The van der Waals surface area contributed by atoms with E-state index in [-0.39, 0.29) is 31.1 Å². The van der Waals surface area contributed by atoms with Crippen LogP contribution < -0.4 is 19.7 Å². The Kier molecular flexibility index (Phi) is 7.86. The molecule has 0 aromatic heterocycles. The van der Waals surface area contributed by atoms with Gasteiger partial charge in [-0.15, -0.1) is 0 Å². The predicted octanol–water partition coefficient (Wildman–Crippen LogP) is 2.10. The van der Waals surface area contributed by atoms with Gasteiger partial charge in [-0.05, 0) is 63.5 Å². The molecule has 4 amide bonds. The van der Waals surface area contributed by atoms with E-state index >= 15 is 0 Å². The van der Waals surface area contributed by atoms with E-state index in [1.165, 1.54) is 4.90 Å². The van der Waals surface area contributed by atoms with Crippen LogP contribution >= 0.6 is 0 Å². The monoisotopic (exact) mass is 614 g/mol. The summed E-state index contributed by atoms with van der Waals surface area (Å²) in [5, 5.41) is 2.27. The second kappa shape index (κ2) is 11.5. The summed E-state index contributed by atoms with van der Waals surface area (Å²) >= 11 is 0. The number of rotatable bonds is 4. The first-order valence-electron chi connectivity index (χ1n) is 15.1. The lowest BCUT2D eigenvalue weighted by Gasteiger charge is -2.29. The topological polar surface area (TPSA) is 151 Å². The van der Waals surface area contributed by atoms with Crippen molar-refractivity contribution in [1.29, 1.82) is 0 Å². The molecule has 12 nitrogen and oxygen atoms in total. The number of sulfonamides is 1. The number of anilines is 1. The molecule has 2 heterocycles. The van der Waals surface area contributed by atoms with Crippen molar-refractivity contribution in [2.45, 2.75) is 68.3 Å². The minimum atomic E-state index is -3.82. The van der Waals surface area contributed by atoms with Gasteiger partial charge >= 0.3 is 6.09 Å². The number of nitrogens with one attached hydrogen (secondary N) is 2. The van der Waals surface area contributed by atoms with Crippen LogP contribution in [0.1, 0.15) is 51.4 Å². The van der Waals surface area contributed by atoms with Crippen LogP contribution in [0.15, 0.2) is 36.4 Å². The molecule has 2 N–H and O–H groups in total. The lowest BCUT2D eigenvalue weighted by Crippen LogP contribution is -2.54. The van der Waals surface area contributed by atoms with Gasteiger partial charge in [-0.3, -0.25) is 24.0 Å². The van der Waals surface area contributed by atoms with Gasteiger partial charge in [-0.25, -0.2) is 13.2 Å². The van der Waals surface area contributed by atoms with Crippen molar-refractivity contribution in [3.05, 3.63) is 36.4 Å². The minimum Gasteiger partial charge on any atom is -0.490 e. The normalized spacial score (nSPS) is 31.7. The molecule has 3 fully saturated rings. The van der Waals surface area contributed by atoms with Crippen molar-refractivity contribution in [3.8, 4) is 5.75 Å². The van der Waals surface area contributed by atoms with E-state index in [0.717, 1.165) is 19.3 Å². The molecule has 1 aromatic carbocycles. The Morgan fingerprint density at radius 3 is 2.65 bits per heavy atom. The highest BCUT2D eigenvalue weighted by Crippen LogP contribution is 2.47. The lowest BCUT2D eigenvalue weighted by molar-refractivity contribution is -0.140. The number of fused-ring (bicyclic) bond motifs is 3. The number of hydrogen-bond acceptors (Lipinski definition) is 8. The molecule has 43 heavy (non-hydrogen) atoms. The van der Waals surface area contributed by atoms with Crippen LogP contribution in [0.3, 0.4) is 0 Å². The Morgan fingerprint density at radius 2 is 1.86 bits per heavy atom. The fourth-order valence-electron chi connectivity index (χ4n) is 6.46. The van der Waals surface area contributed by atoms with Crippen LogP contribution in [0.2, 0.25) is 0 Å². The van der Waals surface area contributed by atoms with Crippen molar-refractivity contribution in [3.63, 3.8) is 0 Å². The molecule has 0 saturated heterocycles. The van der Waals surface area contributed by atoms with Gasteiger partial charge in [0.1, 0.15) is 24.0 Å². The minimum absolute atomic E-state index is 0.104. The number of amides is 4. The Labute approximate surface area is 251 Å². The number of para-hydroxylation sites is 2. The van der Waals surface area contributed by atoms with Crippen LogP contribution in [-0.2, 0) is 29.1 Å². The number of ether oxygens (including phenoxy) is 2. The summed E-state index contributed by atoms with van der Waals surface area (Å²) in [6, 6.07) is 7.15. The van der Waals surface area contributed by atoms with Crippen molar-refractivity contribution in [2.75, 3.05) is 31.6 Å². The van der Waals surface area contributed by atoms with Crippen LogP contribution in [0.25, 0.3) is 0 Å². The second-order valence-electron chi connectivity index (χ2n) is 12.3. The third-order valence-electron chi connectivity index (χ3n) is 9.21. The summed E-state index contributed by atoms with van der Waals surface area (Å²) in [7, 11) is -2.11. The molecule has 232 valence electrons. The molecule has 0 radical (unpaired) electrons. The number of hydrogen-bond donors (Lipinski definition) is 2. The van der Waals surface area contributed by atoms with Crippen LogP contribution in [0.4, 0.5) is 10.5 Å². The number of benzene rings is 1. The van der Waals surface area contributed by atoms with E-state index in [0.29, 0.717) is 44.0 Å². The maximum Gasteiger partial charge on any atom is 0.414 e. The summed E-state index contributed by atoms with van der Waals surface area (Å²) in [5.74, 6) is -2.89. The maximum absolute atomic E-state index is 13.9. The fraction of sp³-hybridized carbons (Fsp3) is 0.600. The highest BCUT2D eigenvalue weighted by molar-refractivity contribution is 7.91. The van der Waals surface area contributed by atoms with Crippen LogP contribution in [0, 0.1) is 17.8 Å². The zero-order valence-corrected chi connectivity index (χ0v) is 25.0. The molecule has 3 aliphatic carbocycles. The Hall–Kier alpha value is -3.61. The molecule has 0 spiro atoms. The first-order valence-corrected chi connectivity index (χ1v) is 16.6. The standard InChI is InChI=1S/C30H38N4O8S/c1-33-13-7-3-2-4-8-19-18-30(19,28(37)32-43(39,40)21-11-12-21)31-26(35)22-16-20(17-23(22)27(33)36)42-29(38)34-14-15-41-25-10-6-5-9-24(25)34/h4-6,8-10,19-23H,2-3,7,11-18H2,1H3,(H,31,35)(H,32,37)/b8-4-/t19-,20-,22-,23-,30-/m1/s1. The molecule has 13 heteroatoms. The van der Waals surface area contributed by atoms with Gasteiger partial charge in [0.15, 0.2) is 0 Å². The summed E-state index contributed by atoms with van der Waals surface area (Å²) in [5.41, 5.74) is -0.823. The largest absolute Gasteiger partial charge is 0.490 e. The van der Waals surface area contributed by atoms with Gasteiger partial charge in [0.05, 0.1) is 29.3 Å². The molecule has 1 aromatic rings. The van der Waals surface area contributed by atoms with Gasteiger partial charge < -0.3 is 19.7 Å². The number of carbonyl (C=O) groups excluding carboxylic acids is 4. The average Bonchev–Trinajstić information content (AvgIpc) is 3.91. The van der Waals surface area contributed by atoms with Gasteiger partial charge in [-0.1, -0.05) is 24.3 Å².